The highest BCUT2D eigenvalue weighted by Crippen LogP contribution is 2.15. The Labute approximate surface area is 121 Å². The van der Waals surface area contributed by atoms with Crippen LogP contribution >= 0.6 is 0 Å². The summed E-state index contributed by atoms with van der Waals surface area (Å²) in [7, 11) is 0. The fraction of sp³-hybridized carbons (Fsp3) is 0.867. The summed E-state index contributed by atoms with van der Waals surface area (Å²) in [6, 6.07) is 0.611. The lowest BCUT2D eigenvalue weighted by molar-refractivity contribution is -0.133. The van der Waals surface area contributed by atoms with E-state index in [1.54, 1.807) is 0 Å². The smallest absolute Gasteiger partial charge is 0.224 e. The average molecular weight is 281 g/mol. The first-order chi connectivity index (χ1) is 9.56. The molecule has 2 N–H and O–H groups in total. The van der Waals surface area contributed by atoms with E-state index in [0.717, 1.165) is 38.9 Å². The molecular formula is C15H27N3O2. The van der Waals surface area contributed by atoms with Gasteiger partial charge in [0.2, 0.25) is 11.8 Å². The van der Waals surface area contributed by atoms with Gasteiger partial charge in [-0.2, -0.15) is 0 Å². The van der Waals surface area contributed by atoms with Crippen LogP contribution in [0.3, 0.4) is 0 Å². The highest BCUT2D eigenvalue weighted by Gasteiger charge is 2.26. The minimum atomic E-state index is 0.0307. The molecule has 2 amide bonds. The maximum absolute atomic E-state index is 12.2. The zero-order valence-electron chi connectivity index (χ0n) is 12.7. The van der Waals surface area contributed by atoms with Crippen molar-refractivity contribution in [1.29, 1.82) is 0 Å². The van der Waals surface area contributed by atoms with Crippen molar-refractivity contribution in [2.24, 2.45) is 5.92 Å². The fourth-order valence-electron chi connectivity index (χ4n) is 2.91. The van der Waals surface area contributed by atoms with Crippen LogP contribution in [0, 0.1) is 5.92 Å². The molecule has 0 aromatic rings. The third-order valence-corrected chi connectivity index (χ3v) is 4.30. The summed E-state index contributed by atoms with van der Waals surface area (Å²) in [4.78, 5) is 25.8. The molecule has 0 saturated carbocycles. The lowest BCUT2D eigenvalue weighted by Crippen LogP contribution is -2.48. The van der Waals surface area contributed by atoms with Gasteiger partial charge in [0.1, 0.15) is 0 Å². The second kappa shape index (κ2) is 7.07. The number of nitrogens with one attached hydrogen (secondary N) is 2. The van der Waals surface area contributed by atoms with E-state index in [-0.39, 0.29) is 23.8 Å². The van der Waals surface area contributed by atoms with Crippen molar-refractivity contribution in [1.82, 2.24) is 15.5 Å². The first-order valence-electron chi connectivity index (χ1n) is 7.88. The molecule has 0 aromatic carbocycles. The molecule has 2 heterocycles. The summed E-state index contributed by atoms with van der Waals surface area (Å²) in [5.41, 5.74) is 0. The normalized spacial score (nSPS) is 24.1. The van der Waals surface area contributed by atoms with Crippen molar-refractivity contribution < 1.29 is 9.59 Å². The fourth-order valence-corrected chi connectivity index (χ4v) is 2.91. The average Bonchev–Trinajstić information content (AvgIpc) is 2.92. The van der Waals surface area contributed by atoms with Gasteiger partial charge in [-0.1, -0.05) is 13.8 Å². The van der Waals surface area contributed by atoms with Crippen LogP contribution in [0.15, 0.2) is 0 Å². The van der Waals surface area contributed by atoms with E-state index in [1.165, 1.54) is 6.42 Å². The zero-order chi connectivity index (χ0) is 14.5. The summed E-state index contributed by atoms with van der Waals surface area (Å²) in [6.45, 7) is 6.40. The summed E-state index contributed by atoms with van der Waals surface area (Å²) in [5.74, 6) is 0.408. The highest BCUT2D eigenvalue weighted by atomic mass is 16.2. The number of likely N-dealkylation sites (tertiary alicyclic amines) is 1. The largest absolute Gasteiger partial charge is 0.353 e. The molecule has 2 fully saturated rings. The van der Waals surface area contributed by atoms with Crippen molar-refractivity contribution in [2.45, 2.75) is 58.0 Å². The molecule has 2 aliphatic rings. The van der Waals surface area contributed by atoms with Crippen LogP contribution in [0.2, 0.25) is 0 Å². The molecule has 1 unspecified atom stereocenters. The van der Waals surface area contributed by atoms with Crippen molar-refractivity contribution in [3.8, 4) is 0 Å². The van der Waals surface area contributed by atoms with Crippen molar-refractivity contribution >= 4 is 11.8 Å². The van der Waals surface area contributed by atoms with Crippen molar-refractivity contribution in [3.63, 3.8) is 0 Å². The highest BCUT2D eigenvalue weighted by molar-refractivity contribution is 5.78. The van der Waals surface area contributed by atoms with Gasteiger partial charge in [0, 0.05) is 37.5 Å². The van der Waals surface area contributed by atoms with E-state index in [4.69, 9.17) is 0 Å². The number of amides is 2. The van der Waals surface area contributed by atoms with Crippen LogP contribution in [0.1, 0.15) is 46.0 Å². The van der Waals surface area contributed by atoms with E-state index in [0.29, 0.717) is 12.5 Å². The third kappa shape index (κ3) is 4.20. The summed E-state index contributed by atoms with van der Waals surface area (Å²) in [5, 5.41) is 6.43. The Hall–Kier alpha value is -1.10. The number of rotatable bonds is 4. The van der Waals surface area contributed by atoms with Gasteiger partial charge in [-0.25, -0.2) is 0 Å². The first-order valence-corrected chi connectivity index (χ1v) is 7.88. The molecule has 2 aliphatic heterocycles. The van der Waals surface area contributed by atoms with Gasteiger partial charge in [0.15, 0.2) is 0 Å². The van der Waals surface area contributed by atoms with Crippen LogP contribution in [-0.4, -0.2) is 48.4 Å². The minimum Gasteiger partial charge on any atom is -0.353 e. The molecule has 20 heavy (non-hydrogen) atoms. The Morgan fingerprint density at radius 3 is 2.50 bits per heavy atom. The van der Waals surface area contributed by atoms with Gasteiger partial charge in [-0.3, -0.25) is 9.59 Å². The van der Waals surface area contributed by atoms with E-state index in [9.17, 15) is 9.59 Å². The zero-order valence-corrected chi connectivity index (χ0v) is 12.7. The lowest BCUT2D eigenvalue weighted by Gasteiger charge is -2.33. The minimum absolute atomic E-state index is 0.0307. The molecule has 2 rings (SSSR count). The van der Waals surface area contributed by atoms with E-state index >= 15 is 0 Å². The molecule has 1 atom stereocenters. The van der Waals surface area contributed by atoms with Gasteiger partial charge in [-0.15, -0.1) is 0 Å². The van der Waals surface area contributed by atoms with E-state index < -0.39 is 0 Å². The molecule has 0 radical (unpaired) electrons. The standard InChI is InChI=1S/C15H27N3O2/c1-11(2)15(20)17-12-5-8-18(9-6-12)14(19)10-13-4-3-7-16-13/h11-13,16H,3-10H2,1-2H3,(H,17,20). The Bertz CT molecular complexity index is 343. The van der Waals surface area contributed by atoms with E-state index in [2.05, 4.69) is 10.6 Å². The van der Waals surface area contributed by atoms with Crippen molar-refractivity contribution in [2.75, 3.05) is 19.6 Å². The second-order valence-corrected chi connectivity index (χ2v) is 6.32. The van der Waals surface area contributed by atoms with E-state index in [1.807, 2.05) is 18.7 Å². The maximum Gasteiger partial charge on any atom is 0.224 e. The SMILES string of the molecule is CC(C)C(=O)NC1CCN(C(=O)CC2CCCN2)CC1. The third-order valence-electron chi connectivity index (χ3n) is 4.30. The topological polar surface area (TPSA) is 61.4 Å². The van der Waals surface area contributed by atoms with Gasteiger partial charge in [0.05, 0.1) is 0 Å². The Morgan fingerprint density at radius 1 is 1.25 bits per heavy atom. The number of hydrogen-bond acceptors (Lipinski definition) is 3. The maximum atomic E-state index is 12.2. The number of piperidine rings is 1. The summed E-state index contributed by atoms with van der Waals surface area (Å²) < 4.78 is 0. The molecule has 2 saturated heterocycles. The monoisotopic (exact) mass is 281 g/mol. The van der Waals surface area contributed by atoms with Gasteiger partial charge in [0.25, 0.3) is 0 Å². The molecular weight excluding hydrogens is 254 g/mol. The van der Waals surface area contributed by atoms with Gasteiger partial charge < -0.3 is 15.5 Å². The quantitative estimate of drug-likeness (QED) is 0.804. The molecule has 5 heteroatoms. The molecule has 114 valence electrons. The van der Waals surface area contributed by atoms with Crippen LogP contribution < -0.4 is 10.6 Å². The predicted molar refractivity (Wildman–Crippen MR) is 78.2 cm³/mol. The molecule has 0 spiro atoms. The molecule has 0 aromatic heterocycles. The van der Waals surface area contributed by atoms with Crippen LogP contribution in [0.25, 0.3) is 0 Å². The summed E-state index contributed by atoms with van der Waals surface area (Å²) >= 11 is 0. The predicted octanol–water partition coefficient (Wildman–Crippen LogP) is 0.892. The van der Waals surface area contributed by atoms with Crippen molar-refractivity contribution in [3.05, 3.63) is 0 Å². The lowest BCUT2D eigenvalue weighted by atomic mass is 10.0. The second-order valence-electron chi connectivity index (χ2n) is 6.32. The van der Waals surface area contributed by atoms with Gasteiger partial charge in [-0.05, 0) is 32.2 Å². The number of carbonyl (C=O) groups excluding carboxylic acids is 2. The van der Waals surface area contributed by atoms with Crippen LogP contribution in [0.5, 0.6) is 0 Å². The molecule has 0 aliphatic carbocycles. The Morgan fingerprint density at radius 2 is 1.95 bits per heavy atom. The number of hydrogen-bond donors (Lipinski definition) is 2. The Kier molecular flexibility index (Phi) is 5.40. The summed E-state index contributed by atoms with van der Waals surface area (Å²) in [6.07, 6.45) is 4.68. The van der Waals surface area contributed by atoms with Gasteiger partial charge >= 0.3 is 0 Å². The number of nitrogens with zero attached hydrogens (tertiary/aromatic N) is 1. The number of carbonyl (C=O) groups is 2. The Balaban J connectivity index is 1.70. The van der Waals surface area contributed by atoms with Crippen LogP contribution in [0.4, 0.5) is 0 Å². The first kappa shape index (κ1) is 15.3. The van der Waals surface area contributed by atoms with Crippen LogP contribution in [-0.2, 0) is 9.59 Å². The molecule has 5 nitrogen and oxygen atoms in total. The molecule has 0 bridgehead atoms.